The number of piperidine rings is 1. The topological polar surface area (TPSA) is 101 Å². The minimum Gasteiger partial charge on any atom is -0.464 e. The van der Waals surface area contributed by atoms with Crippen molar-refractivity contribution in [3.63, 3.8) is 0 Å². The molecule has 2 atom stereocenters. The minimum atomic E-state index is -0.812. The van der Waals surface area contributed by atoms with Crippen LogP contribution in [0.1, 0.15) is 37.3 Å². The molecule has 2 aromatic heterocycles. The number of hydrogen-bond donors (Lipinski definition) is 1. The van der Waals surface area contributed by atoms with E-state index in [0.717, 1.165) is 24.0 Å². The Bertz CT molecular complexity index is 891. The van der Waals surface area contributed by atoms with Gasteiger partial charge in [-0.25, -0.2) is 4.79 Å². The molecule has 0 radical (unpaired) electrons. The number of ether oxygens (including phenoxy) is 1. The highest BCUT2D eigenvalue weighted by atomic mass is 16.5. The molecule has 0 aromatic carbocycles. The fraction of sp³-hybridized carbons (Fsp3) is 0.458. The summed E-state index contributed by atoms with van der Waals surface area (Å²) in [6.45, 7) is 3.27. The fourth-order valence-corrected chi connectivity index (χ4v) is 3.91. The smallest absolute Gasteiger partial charge is 0.328 e. The summed E-state index contributed by atoms with van der Waals surface area (Å²) in [5.41, 5.74) is 1.95. The highest BCUT2D eigenvalue weighted by Crippen LogP contribution is 2.22. The maximum absolute atomic E-state index is 12.9. The van der Waals surface area contributed by atoms with Crippen LogP contribution in [0.2, 0.25) is 0 Å². The van der Waals surface area contributed by atoms with Crippen molar-refractivity contribution in [2.24, 2.45) is 5.92 Å². The average molecular weight is 439 g/mol. The zero-order valence-corrected chi connectivity index (χ0v) is 18.4. The number of esters is 1. The molecule has 1 aliphatic heterocycles. The first-order valence-electron chi connectivity index (χ1n) is 11.1. The zero-order valence-electron chi connectivity index (χ0n) is 18.4. The molecule has 0 spiro atoms. The van der Waals surface area contributed by atoms with Crippen LogP contribution >= 0.6 is 0 Å². The Balaban J connectivity index is 1.56. The van der Waals surface area contributed by atoms with Crippen molar-refractivity contribution in [1.82, 2.24) is 20.2 Å². The van der Waals surface area contributed by atoms with Crippen LogP contribution in [0, 0.1) is 5.92 Å². The van der Waals surface area contributed by atoms with Gasteiger partial charge in [0, 0.05) is 56.6 Å². The summed E-state index contributed by atoms with van der Waals surface area (Å²) in [5.74, 6) is -1.18. The number of rotatable bonds is 10. The molecule has 2 amide bonds. The van der Waals surface area contributed by atoms with E-state index in [1.54, 1.807) is 37.8 Å². The van der Waals surface area contributed by atoms with Gasteiger partial charge in [-0.05, 0) is 55.5 Å². The monoisotopic (exact) mass is 438 g/mol. The van der Waals surface area contributed by atoms with Gasteiger partial charge in [0.1, 0.15) is 6.04 Å². The third kappa shape index (κ3) is 6.87. The number of likely N-dealkylation sites (tertiary alicyclic amines) is 1. The summed E-state index contributed by atoms with van der Waals surface area (Å²) in [6, 6.07) is 6.69. The summed E-state index contributed by atoms with van der Waals surface area (Å²) >= 11 is 0. The van der Waals surface area contributed by atoms with Crippen LogP contribution in [0.15, 0.2) is 49.1 Å². The minimum absolute atomic E-state index is 0.000371. The van der Waals surface area contributed by atoms with E-state index in [1.807, 2.05) is 23.1 Å². The maximum Gasteiger partial charge on any atom is 0.328 e. The van der Waals surface area contributed by atoms with E-state index in [9.17, 15) is 14.4 Å². The molecular formula is C24H30N4O4. The normalized spacial score (nSPS) is 17.0. The van der Waals surface area contributed by atoms with E-state index in [0.29, 0.717) is 19.5 Å². The quantitative estimate of drug-likeness (QED) is 0.569. The Hall–Kier alpha value is -3.29. The molecule has 2 aromatic rings. The molecule has 3 heterocycles. The third-order valence-electron chi connectivity index (χ3n) is 5.56. The van der Waals surface area contributed by atoms with Gasteiger partial charge in [0.05, 0.1) is 6.61 Å². The SMILES string of the molecule is CCOC(=O)[C@H](Cc1cccnc1)NC(=O)CC1CCCN(CCc2ccncc2)C1=O. The molecule has 3 rings (SSSR count). The Labute approximate surface area is 188 Å². The van der Waals surface area contributed by atoms with Crippen molar-refractivity contribution in [2.45, 2.75) is 45.1 Å². The summed E-state index contributed by atoms with van der Waals surface area (Å²) in [5, 5.41) is 2.77. The first kappa shape index (κ1) is 23.4. The van der Waals surface area contributed by atoms with Crippen molar-refractivity contribution in [1.29, 1.82) is 0 Å². The lowest BCUT2D eigenvalue weighted by atomic mass is 9.93. The summed E-state index contributed by atoms with van der Waals surface area (Å²) in [4.78, 5) is 47.9. The van der Waals surface area contributed by atoms with Gasteiger partial charge in [0.2, 0.25) is 11.8 Å². The van der Waals surface area contributed by atoms with Gasteiger partial charge in [0.15, 0.2) is 0 Å². The van der Waals surface area contributed by atoms with Crippen LogP contribution in [0.3, 0.4) is 0 Å². The lowest BCUT2D eigenvalue weighted by Crippen LogP contribution is -2.47. The largest absolute Gasteiger partial charge is 0.464 e. The maximum atomic E-state index is 12.9. The van der Waals surface area contributed by atoms with E-state index >= 15 is 0 Å². The molecule has 0 bridgehead atoms. The van der Waals surface area contributed by atoms with Crippen LogP contribution in [0.4, 0.5) is 0 Å². The zero-order chi connectivity index (χ0) is 22.8. The number of carbonyl (C=O) groups is 3. The van der Waals surface area contributed by atoms with Crippen LogP contribution in [-0.4, -0.2) is 58.4 Å². The van der Waals surface area contributed by atoms with Crippen LogP contribution in [-0.2, 0) is 32.0 Å². The van der Waals surface area contributed by atoms with Crippen LogP contribution in [0.25, 0.3) is 0 Å². The lowest BCUT2D eigenvalue weighted by molar-refractivity contribution is -0.147. The number of nitrogens with one attached hydrogen (secondary N) is 1. The molecular weight excluding hydrogens is 408 g/mol. The van der Waals surface area contributed by atoms with Crippen LogP contribution in [0.5, 0.6) is 0 Å². The van der Waals surface area contributed by atoms with Crippen molar-refractivity contribution in [3.8, 4) is 0 Å². The second kappa shape index (κ2) is 11.9. The molecule has 1 aliphatic rings. The van der Waals surface area contributed by atoms with E-state index in [-0.39, 0.29) is 37.2 Å². The Morgan fingerprint density at radius 1 is 1.19 bits per heavy atom. The first-order chi connectivity index (χ1) is 15.6. The van der Waals surface area contributed by atoms with Crippen molar-refractivity contribution in [3.05, 3.63) is 60.2 Å². The molecule has 32 heavy (non-hydrogen) atoms. The highest BCUT2D eigenvalue weighted by Gasteiger charge is 2.31. The lowest BCUT2D eigenvalue weighted by Gasteiger charge is -2.32. The molecule has 1 N–H and O–H groups in total. The average Bonchev–Trinajstić information content (AvgIpc) is 2.81. The van der Waals surface area contributed by atoms with E-state index in [4.69, 9.17) is 4.74 Å². The fourth-order valence-electron chi connectivity index (χ4n) is 3.91. The van der Waals surface area contributed by atoms with Crippen LogP contribution < -0.4 is 5.32 Å². The van der Waals surface area contributed by atoms with Gasteiger partial charge in [-0.3, -0.25) is 19.6 Å². The van der Waals surface area contributed by atoms with Gasteiger partial charge in [-0.2, -0.15) is 0 Å². The molecule has 8 nitrogen and oxygen atoms in total. The molecule has 1 saturated heterocycles. The Kier molecular flexibility index (Phi) is 8.71. The van der Waals surface area contributed by atoms with Gasteiger partial charge in [-0.1, -0.05) is 6.07 Å². The van der Waals surface area contributed by atoms with Crippen molar-refractivity contribution in [2.75, 3.05) is 19.7 Å². The second-order valence-corrected chi connectivity index (χ2v) is 7.91. The number of amides is 2. The first-order valence-corrected chi connectivity index (χ1v) is 11.1. The van der Waals surface area contributed by atoms with E-state index in [1.165, 1.54) is 0 Å². The summed E-state index contributed by atoms with van der Waals surface area (Å²) < 4.78 is 5.13. The number of carbonyl (C=O) groups excluding carboxylic acids is 3. The standard InChI is InChI=1S/C24H30N4O4/c1-2-32-24(31)21(15-19-5-3-10-26-17-19)27-22(29)16-20-6-4-13-28(23(20)30)14-9-18-7-11-25-12-8-18/h3,5,7-8,10-12,17,20-21H,2,4,6,9,13-16H2,1H3,(H,27,29)/t20?,21-/m0/s1. The number of pyridine rings is 2. The molecule has 1 unspecified atom stereocenters. The van der Waals surface area contributed by atoms with Gasteiger partial charge in [0.25, 0.3) is 0 Å². The van der Waals surface area contributed by atoms with Crippen molar-refractivity contribution < 1.29 is 19.1 Å². The predicted molar refractivity (Wildman–Crippen MR) is 118 cm³/mol. The van der Waals surface area contributed by atoms with E-state index < -0.39 is 12.0 Å². The van der Waals surface area contributed by atoms with Gasteiger partial charge < -0.3 is 15.0 Å². The summed E-state index contributed by atoms with van der Waals surface area (Å²) in [7, 11) is 0. The second-order valence-electron chi connectivity index (χ2n) is 7.91. The number of nitrogens with zero attached hydrogens (tertiary/aromatic N) is 3. The molecule has 0 saturated carbocycles. The van der Waals surface area contributed by atoms with Gasteiger partial charge in [-0.15, -0.1) is 0 Å². The Morgan fingerprint density at radius 3 is 2.72 bits per heavy atom. The molecule has 170 valence electrons. The molecule has 1 fully saturated rings. The van der Waals surface area contributed by atoms with Gasteiger partial charge >= 0.3 is 5.97 Å². The molecule has 8 heteroatoms. The number of aromatic nitrogens is 2. The third-order valence-corrected chi connectivity index (χ3v) is 5.56. The summed E-state index contributed by atoms with van der Waals surface area (Å²) in [6.07, 6.45) is 9.42. The molecule has 0 aliphatic carbocycles. The van der Waals surface area contributed by atoms with Crippen molar-refractivity contribution >= 4 is 17.8 Å². The Morgan fingerprint density at radius 2 is 2.00 bits per heavy atom. The van der Waals surface area contributed by atoms with E-state index in [2.05, 4.69) is 15.3 Å². The highest BCUT2D eigenvalue weighted by molar-refractivity contribution is 5.89. The predicted octanol–water partition coefficient (Wildman–Crippen LogP) is 1.94. The number of hydrogen-bond acceptors (Lipinski definition) is 6.